The molecule has 2 heterocycles. The minimum Gasteiger partial charge on any atom is -0.378 e. The largest absolute Gasteiger partial charge is 0.378 e. The van der Waals surface area contributed by atoms with Gasteiger partial charge in [0.1, 0.15) is 0 Å². The number of morpholine rings is 1. The second-order valence-corrected chi connectivity index (χ2v) is 7.58. The van der Waals surface area contributed by atoms with Gasteiger partial charge in [-0.2, -0.15) is 20.1 Å². The Morgan fingerprint density at radius 1 is 0.970 bits per heavy atom. The smallest absolute Gasteiger partial charge is 0.250 e. The summed E-state index contributed by atoms with van der Waals surface area (Å²) in [5.41, 5.74) is 6.21. The zero-order valence-corrected chi connectivity index (χ0v) is 19.6. The lowest BCUT2D eigenvalue weighted by molar-refractivity contribution is 0.122. The molecule has 3 aromatic rings. The molecule has 10 heteroatoms. The lowest BCUT2D eigenvalue weighted by Crippen LogP contribution is -2.37. The minimum atomic E-state index is 0. The van der Waals surface area contributed by atoms with Gasteiger partial charge in [0.15, 0.2) is 0 Å². The highest BCUT2D eigenvalue weighted by molar-refractivity contribution is 5.85. The molecule has 1 aliphatic rings. The van der Waals surface area contributed by atoms with Crippen molar-refractivity contribution in [1.29, 1.82) is 0 Å². The van der Waals surface area contributed by atoms with E-state index >= 15 is 0 Å². The zero-order valence-electron chi connectivity index (χ0n) is 18.8. The van der Waals surface area contributed by atoms with E-state index in [2.05, 4.69) is 52.7 Å². The van der Waals surface area contributed by atoms with Crippen molar-refractivity contribution in [3.63, 3.8) is 0 Å². The van der Waals surface area contributed by atoms with Gasteiger partial charge in [0.25, 0.3) is 0 Å². The average Bonchev–Trinajstić information content (AvgIpc) is 2.84. The van der Waals surface area contributed by atoms with Crippen molar-refractivity contribution in [1.82, 2.24) is 15.0 Å². The molecule has 0 amide bonds. The van der Waals surface area contributed by atoms with Gasteiger partial charge in [-0.15, -0.1) is 12.4 Å². The molecule has 4 rings (SSSR count). The molecule has 0 saturated carbocycles. The molecule has 1 saturated heterocycles. The quantitative estimate of drug-likeness (QED) is 0.384. The molecule has 174 valence electrons. The Labute approximate surface area is 200 Å². The second kappa shape index (κ2) is 12.0. The van der Waals surface area contributed by atoms with Crippen LogP contribution in [0.2, 0.25) is 0 Å². The van der Waals surface area contributed by atoms with E-state index in [-0.39, 0.29) is 12.4 Å². The molecule has 1 aliphatic heterocycles. The standard InChI is InChI=1S/C23H28N8O.ClH/c1-30(2)20-10-8-19(9-11-20)17-25-29-22-26-21(24-16-18-6-4-3-5-7-18)27-23(28-22)31-12-14-32-15-13-31;/h3-11,17H,12-16H2,1-2H3,(H2,24,26,27,28,29);1H. The number of ether oxygens (including phenoxy) is 1. The summed E-state index contributed by atoms with van der Waals surface area (Å²) in [6.45, 7) is 3.41. The zero-order chi connectivity index (χ0) is 22.2. The highest BCUT2D eigenvalue weighted by atomic mass is 35.5. The molecule has 33 heavy (non-hydrogen) atoms. The third-order valence-electron chi connectivity index (χ3n) is 5.00. The van der Waals surface area contributed by atoms with Gasteiger partial charge in [0.2, 0.25) is 17.8 Å². The van der Waals surface area contributed by atoms with Crippen molar-refractivity contribution < 1.29 is 4.74 Å². The van der Waals surface area contributed by atoms with Crippen molar-refractivity contribution in [2.24, 2.45) is 5.10 Å². The number of nitrogens with one attached hydrogen (secondary N) is 2. The Morgan fingerprint density at radius 2 is 1.67 bits per heavy atom. The van der Waals surface area contributed by atoms with Crippen molar-refractivity contribution in [3.05, 3.63) is 65.7 Å². The Bertz CT molecular complexity index is 1020. The maximum Gasteiger partial charge on any atom is 0.250 e. The number of halogens is 1. The summed E-state index contributed by atoms with van der Waals surface area (Å²) >= 11 is 0. The van der Waals surface area contributed by atoms with Gasteiger partial charge >= 0.3 is 0 Å². The van der Waals surface area contributed by atoms with Crippen LogP contribution in [0.4, 0.5) is 23.5 Å². The van der Waals surface area contributed by atoms with E-state index in [1.54, 1.807) is 6.21 Å². The predicted octanol–water partition coefficient (Wildman–Crippen LogP) is 3.25. The molecule has 0 spiro atoms. The third kappa shape index (κ3) is 7.03. The van der Waals surface area contributed by atoms with Crippen molar-refractivity contribution in [2.75, 3.05) is 60.9 Å². The monoisotopic (exact) mass is 468 g/mol. The van der Waals surface area contributed by atoms with Gasteiger partial charge in [0.05, 0.1) is 19.4 Å². The summed E-state index contributed by atoms with van der Waals surface area (Å²) < 4.78 is 5.45. The summed E-state index contributed by atoms with van der Waals surface area (Å²) in [5, 5.41) is 7.61. The van der Waals surface area contributed by atoms with E-state index in [4.69, 9.17) is 4.74 Å². The first-order chi connectivity index (χ1) is 15.7. The van der Waals surface area contributed by atoms with E-state index in [9.17, 15) is 0 Å². The molecule has 1 aromatic heterocycles. The topological polar surface area (TPSA) is 90.8 Å². The fourth-order valence-electron chi connectivity index (χ4n) is 3.20. The van der Waals surface area contributed by atoms with Crippen molar-refractivity contribution >= 4 is 42.2 Å². The molecule has 0 radical (unpaired) electrons. The predicted molar refractivity (Wildman–Crippen MR) is 136 cm³/mol. The van der Waals surface area contributed by atoms with Crippen LogP contribution >= 0.6 is 12.4 Å². The van der Waals surface area contributed by atoms with Crippen LogP contribution in [0, 0.1) is 0 Å². The number of anilines is 4. The highest BCUT2D eigenvalue weighted by Gasteiger charge is 2.16. The van der Waals surface area contributed by atoms with Crippen LogP contribution in [0.1, 0.15) is 11.1 Å². The first-order valence-corrected chi connectivity index (χ1v) is 10.6. The lowest BCUT2D eigenvalue weighted by Gasteiger charge is -2.27. The molecule has 0 unspecified atom stereocenters. The van der Waals surface area contributed by atoms with E-state index in [0.29, 0.717) is 37.6 Å². The SMILES string of the molecule is CN(C)c1ccc(C=NNc2nc(NCc3ccccc3)nc(N3CCOCC3)n2)cc1.Cl. The van der Waals surface area contributed by atoms with Gasteiger partial charge in [-0.25, -0.2) is 5.43 Å². The van der Waals surface area contributed by atoms with Gasteiger partial charge in [-0.1, -0.05) is 42.5 Å². The maximum absolute atomic E-state index is 5.45. The summed E-state index contributed by atoms with van der Waals surface area (Å²) in [5.74, 6) is 1.49. The number of hydrogen-bond acceptors (Lipinski definition) is 9. The number of rotatable bonds is 8. The summed E-state index contributed by atoms with van der Waals surface area (Å²) in [7, 11) is 4.03. The molecule has 2 N–H and O–H groups in total. The normalized spacial score (nSPS) is 13.5. The van der Waals surface area contributed by atoms with Gasteiger partial charge in [-0.05, 0) is 23.3 Å². The van der Waals surface area contributed by atoms with Gasteiger partial charge in [0, 0.05) is 39.4 Å². The maximum atomic E-state index is 5.45. The van der Waals surface area contributed by atoms with Gasteiger partial charge < -0.3 is 19.9 Å². The van der Waals surface area contributed by atoms with Crippen LogP contribution in [-0.4, -0.2) is 61.6 Å². The van der Waals surface area contributed by atoms with E-state index in [0.717, 1.165) is 29.9 Å². The van der Waals surface area contributed by atoms with Crippen LogP contribution in [0.15, 0.2) is 59.7 Å². The Kier molecular flexibility index (Phi) is 8.79. The number of benzene rings is 2. The van der Waals surface area contributed by atoms with Gasteiger partial charge in [-0.3, -0.25) is 0 Å². The Morgan fingerprint density at radius 3 is 2.36 bits per heavy atom. The third-order valence-corrected chi connectivity index (χ3v) is 5.00. The van der Waals surface area contributed by atoms with Crippen LogP contribution in [-0.2, 0) is 11.3 Å². The van der Waals surface area contributed by atoms with E-state index < -0.39 is 0 Å². The lowest BCUT2D eigenvalue weighted by atomic mass is 10.2. The Hall–Kier alpha value is -3.43. The van der Waals surface area contributed by atoms with E-state index in [1.807, 2.05) is 56.6 Å². The summed E-state index contributed by atoms with van der Waals surface area (Å²) in [4.78, 5) is 17.8. The summed E-state index contributed by atoms with van der Waals surface area (Å²) in [6.07, 6.45) is 1.74. The number of hydrogen-bond donors (Lipinski definition) is 2. The number of hydrazone groups is 1. The molecule has 0 bridgehead atoms. The number of nitrogens with zero attached hydrogens (tertiary/aromatic N) is 6. The molecular formula is C23H29ClN8O. The van der Waals surface area contributed by atoms with E-state index in [1.165, 1.54) is 0 Å². The highest BCUT2D eigenvalue weighted by Crippen LogP contribution is 2.16. The van der Waals surface area contributed by atoms with Crippen molar-refractivity contribution in [2.45, 2.75) is 6.54 Å². The molecule has 0 aliphatic carbocycles. The second-order valence-electron chi connectivity index (χ2n) is 7.58. The van der Waals surface area contributed by atoms with Crippen LogP contribution in [0.25, 0.3) is 0 Å². The first-order valence-electron chi connectivity index (χ1n) is 10.6. The first kappa shape index (κ1) is 24.2. The fraction of sp³-hybridized carbons (Fsp3) is 0.304. The molecule has 9 nitrogen and oxygen atoms in total. The van der Waals surface area contributed by atoms with Crippen LogP contribution < -0.4 is 20.5 Å². The molecule has 0 atom stereocenters. The molecule has 2 aromatic carbocycles. The fourth-order valence-corrected chi connectivity index (χ4v) is 3.20. The van der Waals surface area contributed by atoms with Crippen LogP contribution in [0.5, 0.6) is 0 Å². The Balaban J connectivity index is 0.00000306. The number of aromatic nitrogens is 3. The summed E-state index contributed by atoms with van der Waals surface area (Å²) in [6, 6.07) is 18.3. The molecule has 1 fully saturated rings. The average molecular weight is 469 g/mol. The minimum absolute atomic E-state index is 0. The van der Waals surface area contributed by atoms with Crippen molar-refractivity contribution in [3.8, 4) is 0 Å². The van der Waals surface area contributed by atoms with Crippen LogP contribution in [0.3, 0.4) is 0 Å². The molecular weight excluding hydrogens is 440 g/mol.